The van der Waals surface area contributed by atoms with Crippen LogP contribution >= 0.6 is 0 Å². The van der Waals surface area contributed by atoms with Crippen LogP contribution < -0.4 is 15.4 Å². The number of rotatable bonds is 7. The molecule has 1 aromatic rings. The number of fused-ring (bicyclic) bond motifs is 1. The van der Waals surface area contributed by atoms with E-state index in [0.717, 1.165) is 50.7 Å². The zero-order valence-corrected chi connectivity index (χ0v) is 16.7. The van der Waals surface area contributed by atoms with Gasteiger partial charge in [0.2, 0.25) is 0 Å². The number of para-hydroxylation sites is 1. The first-order valence-corrected chi connectivity index (χ1v) is 10.7. The lowest BCUT2D eigenvalue weighted by Crippen LogP contribution is -2.41. The van der Waals surface area contributed by atoms with Crippen LogP contribution in [-0.4, -0.2) is 38.9 Å². The Hall–Kier alpha value is -1.75. The average molecular weight is 374 g/mol. The summed E-state index contributed by atoms with van der Waals surface area (Å²) >= 11 is 0. The van der Waals surface area contributed by atoms with Crippen LogP contribution in [-0.2, 0) is 4.74 Å². The predicted octanol–water partition coefficient (Wildman–Crippen LogP) is 4.19. The molecule has 3 rings (SSSR count). The molecule has 1 aliphatic heterocycles. The number of unbranched alkanes of at least 4 members (excludes halogenated alkanes) is 1. The van der Waals surface area contributed by atoms with Crippen molar-refractivity contribution in [2.24, 2.45) is 4.99 Å². The molecule has 27 heavy (non-hydrogen) atoms. The third kappa shape index (κ3) is 6.42. The standard InChI is InChI=1S/C22H35N3O2/c1-23-22(25-20-14-17-27-21-13-7-6-12-19(20)21)24-15-8-9-16-26-18-10-4-2-3-5-11-18/h6-7,12-13,18,20H,2-5,8-11,14-17H2,1H3,(H2,23,24,25). The van der Waals surface area contributed by atoms with Crippen molar-refractivity contribution in [1.82, 2.24) is 10.6 Å². The summed E-state index contributed by atoms with van der Waals surface area (Å²) in [5.74, 6) is 1.84. The van der Waals surface area contributed by atoms with E-state index in [1.54, 1.807) is 0 Å². The number of hydrogen-bond donors (Lipinski definition) is 2. The van der Waals surface area contributed by atoms with Crippen molar-refractivity contribution in [3.63, 3.8) is 0 Å². The highest BCUT2D eigenvalue weighted by Crippen LogP contribution is 2.31. The molecule has 1 unspecified atom stereocenters. The molecule has 2 aliphatic rings. The van der Waals surface area contributed by atoms with Crippen LogP contribution in [0.5, 0.6) is 5.75 Å². The van der Waals surface area contributed by atoms with Crippen molar-refractivity contribution in [3.05, 3.63) is 29.8 Å². The Morgan fingerprint density at radius 1 is 1.11 bits per heavy atom. The van der Waals surface area contributed by atoms with E-state index in [0.29, 0.717) is 6.10 Å². The first kappa shape index (κ1) is 20.0. The lowest BCUT2D eigenvalue weighted by atomic mass is 10.0. The van der Waals surface area contributed by atoms with Gasteiger partial charge in [-0.3, -0.25) is 4.99 Å². The number of ether oxygens (including phenoxy) is 2. The fraction of sp³-hybridized carbons (Fsp3) is 0.682. The van der Waals surface area contributed by atoms with E-state index in [1.165, 1.54) is 44.1 Å². The topological polar surface area (TPSA) is 54.9 Å². The minimum Gasteiger partial charge on any atom is -0.493 e. The molecule has 0 bridgehead atoms. The average Bonchev–Trinajstić information content (AvgIpc) is 2.98. The van der Waals surface area contributed by atoms with Crippen LogP contribution in [0.4, 0.5) is 0 Å². The molecule has 5 nitrogen and oxygen atoms in total. The zero-order chi connectivity index (χ0) is 18.7. The Morgan fingerprint density at radius 2 is 1.93 bits per heavy atom. The van der Waals surface area contributed by atoms with E-state index in [1.807, 2.05) is 19.2 Å². The normalized spacial score (nSPS) is 21.1. The lowest BCUT2D eigenvalue weighted by Gasteiger charge is -2.28. The van der Waals surface area contributed by atoms with E-state index in [4.69, 9.17) is 9.47 Å². The lowest BCUT2D eigenvalue weighted by molar-refractivity contribution is 0.0411. The van der Waals surface area contributed by atoms with Crippen LogP contribution in [0.2, 0.25) is 0 Å². The Bertz CT molecular complexity index is 583. The fourth-order valence-electron chi connectivity index (χ4n) is 3.94. The summed E-state index contributed by atoms with van der Waals surface area (Å²) in [6.45, 7) is 2.54. The van der Waals surface area contributed by atoms with Gasteiger partial charge in [-0.2, -0.15) is 0 Å². The molecule has 1 fully saturated rings. The summed E-state index contributed by atoms with van der Waals surface area (Å²) in [7, 11) is 1.83. The zero-order valence-electron chi connectivity index (χ0n) is 16.7. The summed E-state index contributed by atoms with van der Waals surface area (Å²) < 4.78 is 11.8. The minimum atomic E-state index is 0.250. The third-order valence-corrected chi connectivity index (χ3v) is 5.51. The Morgan fingerprint density at radius 3 is 2.74 bits per heavy atom. The van der Waals surface area contributed by atoms with Gasteiger partial charge in [0.05, 0.1) is 18.8 Å². The third-order valence-electron chi connectivity index (χ3n) is 5.51. The van der Waals surface area contributed by atoms with Crippen molar-refractivity contribution in [2.75, 3.05) is 26.8 Å². The second kappa shape index (κ2) is 11.2. The Kier molecular flexibility index (Phi) is 8.28. The molecule has 0 spiro atoms. The van der Waals surface area contributed by atoms with Crippen molar-refractivity contribution in [2.45, 2.75) is 69.9 Å². The fourth-order valence-corrected chi connectivity index (χ4v) is 3.94. The molecule has 0 saturated heterocycles. The van der Waals surface area contributed by atoms with Crippen LogP contribution in [0.1, 0.15) is 69.4 Å². The maximum Gasteiger partial charge on any atom is 0.191 e. The molecule has 1 heterocycles. The molecule has 1 aliphatic carbocycles. The highest BCUT2D eigenvalue weighted by atomic mass is 16.5. The van der Waals surface area contributed by atoms with Gasteiger partial charge < -0.3 is 20.1 Å². The van der Waals surface area contributed by atoms with E-state index < -0.39 is 0 Å². The first-order valence-electron chi connectivity index (χ1n) is 10.7. The Balaban J connectivity index is 1.33. The van der Waals surface area contributed by atoms with Gasteiger partial charge in [0, 0.05) is 32.2 Å². The summed E-state index contributed by atoms with van der Waals surface area (Å²) in [4.78, 5) is 4.38. The second-order valence-electron chi connectivity index (χ2n) is 7.56. The molecular formula is C22H35N3O2. The second-order valence-corrected chi connectivity index (χ2v) is 7.56. The van der Waals surface area contributed by atoms with Gasteiger partial charge in [-0.05, 0) is 31.7 Å². The highest BCUT2D eigenvalue weighted by Gasteiger charge is 2.21. The van der Waals surface area contributed by atoms with Crippen molar-refractivity contribution in [3.8, 4) is 5.75 Å². The minimum absolute atomic E-state index is 0.250. The van der Waals surface area contributed by atoms with Crippen LogP contribution in [0.15, 0.2) is 29.3 Å². The molecule has 0 aromatic heterocycles. The van der Waals surface area contributed by atoms with E-state index >= 15 is 0 Å². The molecule has 0 radical (unpaired) electrons. The molecule has 1 aromatic carbocycles. The van der Waals surface area contributed by atoms with E-state index in [2.05, 4.69) is 27.8 Å². The summed E-state index contributed by atoms with van der Waals surface area (Å²) in [5.41, 5.74) is 1.21. The van der Waals surface area contributed by atoms with E-state index in [9.17, 15) is 0 Å². The number of aliphatic imine (C=N–C) groups is 1. The summed E-state index contributed by atoms with van der Waals surface area (Å²) in [5, 5.41) is 6.98. The summed E-state index contributed by atoms with van der Waals surface area (Å²) in [6.07, 6.45) is 11.6. The number of guanidine groups is 1. The van der Waals surface area contributed by atoms with Gasteiger partial charge in [0.15, 0.2) is 5.96 Å². The number of hydrogen-bond acceptors (Lipinski definition) is 3. The van der Waals surface area contributed by atoms with Gasteiger partial charge in [0.1, 0.15) is 5.75 Å². The van der Waals surface area contributed by atoms with Gasteiger partial charge in [-0.1, -0.05) is 43.9 Å². The van der Waals surface area contributed by atoms with E-state index in [-0.39, 0.29) is 6.04 Å². The maximum absolute atomic E-state index is 6.07. The van der Waals surface area contributed by atoms with Gasteiger partial charge >= 0.3 is 0 Å². The SMILES string of the molecule is CN=C(NCCCCOC1CCCCCC1)NC1CCOc2ccccc21. The first-order chi connectivity index (χ1) is 13.4. The molecule has 0 amide bonds. The molecule has 2 N–H and O–H groups in total. The molecule has 150 valence electrons. The van der Waals surface area contributed by atoms with Crippen molar-refractivity contribution in [1.29, 1.82) is 0 Å². The van der Waals surface area contributed by atoms with Gasteiger partial charge in [0.25, 0.3) is 0 Å². The molecule has 1 atom stereocenters. The van der Waals surface area contributed by atoms with Crippen molar-refractivity contribution >= 4 is 5.96 Å². The van der Waals surface area contributed by atoms with Crippen molar-refractivity contribution < 1.29 is 9.47 Å². The number of nitrogens with one attached hydrogen (secondary N) is 2. The largest absolute Gasteiger partial charge is 0.493 e. The van der Waals surface area contributed by atoms with Crippen LogP contribution in [0, 0.1) is 0 Å². The quantitative estimate of drug-likeness (QED) is 0.326. The number of nitrogens with zero attached hydrogens (tertiary/aromatic N) is 1. The highest BCUT2D eigenvalue weighted by molar-refractivity contribution is 5.80. The smallest absolute Gasteiger partial charge is 0.191 e. The molecule has 1 saturated carbocycles. The molecule has 5 heteroatoms. The van der Waals surface area contributed by atoms with Crippen LogP contribution in [0.25, 0.3) is 0 Å². The summed E-state index contributed by atoms with van der Waals surface area (Å²) in [6, 6.07) is 8.50. The maximum atomic E-state index is 6.07. The van der Waals surface area contributed by atoms with Crippen LogP contribution in [0.3, 0.4) is 0 Å². The predicted molar refractivity (Wildman–Crippen MR) is 110 cm³/mol. The number of benzene rings is 1. The molecular weight excluding hydrogens is 338 g/mol. The van der Waals surface area contributed by atoms with Gasteiger partial charge in [-0.25, -0.2) is 0 Å². The Labute approximate surface area is 163 Å². The monoisotopic (exact) mass is 373 g/mol. The van der Waals surface area contributed by atoms with Gasteiger partial charge in [-0.15, -0.1) is 0 Å².